The Bertz CT molecular complexity index is 441. The molecule has 1 aromatic rings. The van der Waals surface area contributed by atoms with Gasteiger partial charge in [0, 0.05) is 18.0 Å². The number of nitrogens with one attached hydrogen (secondary N) is 1. The van der Waals surface area contributed by atoms with E-state index in [4.69, 9.17) is 0 Å². The monoisotopic (exact) mass is 282 g/mol. The van der Waals surface area contributed by atoms with E-state index in [1.54, 1.807) is 29.5 Å². The minimum Gasteiger partial charge on any atom is -0.479 e. The molecule has 104 valence electrons. The maximum atomic E-state index is 12.1. The molecule has 0 bridgehead atoms. The van der Waals surface area contributed by atoms with Crippen molar-refractivity contribution in [3.63, 3.8) is 0 Å². The Balaban J connectivity index is 2.01. The van der Waals surface area contributed by atoms with Gasteiger partial charge < -0.3 is 15.3 Å². The summed E-state index contributed by atoms with van der Waals surface area (Å²) in [5, 5.41) is 13.6. The van der Waals surface area contributed by atoms with E-state index >= 15 is 0 Å². The Hall–Kier alpha value is -1.56. The van der Waals surface area contributed by atoms with Crippen LogP contribution in [-0.2, 0) is 4.79 Å². The van der Waals surface area contributed by atoms with Crippen molar-refractivity contribution in [1.82, 2.24) is 10.2 Å². The lowest BCUT2D eigenvalue weighted by Crippen LogP contribution is -2.45. The van der Waals surface area contributed by atoms with Crippen LogP contribution in [0.3, 0.4) is 0 Å². The van der Waals surface area contributed by atoms with Gasteiger partial charge in [0.05, 0.1) is 0 Å². The molecule has 6 heteroatoms. The van der Waals surface area contributed by atoms with Crippen molar-refractivity contribution in [3.05, 3.63) is 22.4 Å². The highest BCUT2D eigenvalue weighted by Gasteiger charge is 2.28. The summed E-state index contributed by atoms with van der Waals surface area (Å²) in [5.41, 5.74) is 0. The third-order valence-electron chi connectivity index (χ3n) is 3.54. The first kappa shape index (κ1) is 13.9. The number of carbonyl (C=O) groups excluding carboxylic acids is 1. The smallest absolute Gasteiger partial charge is 0.331 e. The fourth-order valence-electron chi connectivity index (χ4n) is 2.39. The zero-order valence-electron chi connectivity index (χ0n) is 10.8. The maximum absolute atomic E-state index is 12.1. The van der Waals surface area contributed by atoms with Gasteiger partial charge in [0.1, 0.15) is 0 Å². The molecule has 2 N–H and O–H groups in total. The second-order valence-electron chi connectivity index (χ2n) is 4.79. The van der Waals surface area contributed by atoms with Gasteiger partial charge in [-0.2, -0.15) is 0 Å². The topological polar surface area (TPSA) is 69.6 Å². The van der Waals surface area contributed by atoms with Crippen LogP contribution in [0.25, 0.3) is 0 Å². The van der Waals surface area contributed by atoms with Gasteiger partial charge >= 0.3 is 12.0 Å². The van der Waals surface area contributed by atoms with E-state index in [2.05, 4.69) is 5.32 Å². The third-order valence-corrected chi connectivity index (χ3v) is 4.47. The van der Waals surface area contributed by atoms with Crippen LogP contribution in [-0.4, -0.2) is 35.1 Å². The zero-order valence-corrected chi connectivity index (χ0v) is 11.7. The summed E-state index contributed by atoms with van der Waals surface area (Å²) in [4.78, 5) is 25.6. The van der Waals surface area contributed by atoms with Crippen molar-refractivity contribution in [1.29, 1.82) is 0 Å². The fourth-order valence-corrected chi connectivity index (χ4v) is 3.16. The Kier molecular flexibility index (Phi) is 4.42. The molecule has 2 amide bonds. The normalized spacial score (nSPS) is 17.1. The van der Waals surface area contributed by atoms with Gasteiger partial charge in [-0.3, -0.25) is 0 Å². The second-order valence-corrected chi connectivity index (χ2v) is 5.76. The van der Waals surface area contributed by atoms with Crippen LogP contribution in [0.1, 0.15) is 36.6 Å². The number of amides is 2. The lowest BCUT2D eigenvalue weighted by atomic mass is 10.2. The van der Waals surface area contributed by atoms with Gasteiger partial charge in [-0.25, -0.2) is 9.59 Å². The highest BCUT2D eigenvalue weighted by atomic mass is 32.1. The van der Waals surface area contributed by atoms with Crippen LogP contribution in [0.15, 0.2) is 17.5 Å². The van der Waals surface area contributed by atoms with Crippen molar-refractivity contribution in [3.8, 4) is 0 Å². The van der Waals surface area contributed by atoms with Gasteiger partial charge in [0.25, 0.3) is 0 Å². The number of rotatable bonds is 4. The van der Waals surface area contributed by atoms with Crippen LogP contribution in [0.2, 0.25) is 0 Å². The first-order valence-electron chi connectivity index (χ1n) is 6.39. The van der Waals surface area contributed by atoms with E-state index in [0.29, 0.717) is 4.88 Å². The maximum Gasteiger partial charge on any atom is 0.331 e. The lowest BCUT2D eigenvalue weighted by Gasteiger charge is -2.26. The summed E-state index contributed by atoms with van der Waals surface area (Å²) in [7, 11) is 1.73. The number of nitrogens with zero attached hydrogens (tertiary/aromatic N) is 1. The molecule has 0 radical (unpaired) electrons. The van der Waals surface area contributed by atoms with Gasteiger partial charge in [-0.1, -0.05) is 18.9 Å². The van der Waals surface area contributed by atoms with Crippen molar-refractivity contribution in [2.75, 3.05) is 7.05 Å². The second kappa shape index (κ2) is 6.06. The van der Waals surface area contributed by atoms with Gasteiger partial charge in [-0.05, 0) is 24.3 Å². The predicted octanol–water partition coefficient (Wildman–Crippen LogP) is 2.46. The third kappa shape index (κ3) is 3.26. The molecule has 1 heterocycles. The first-order valence-corrected chi connectivity index (χ1v) is 7.27. The van der Waals surface area contributed by atoms with E-state index in [1.165, 1.54) is 11.3 Å². The average molecular weight is 282 g/mol. The summed E-state index contributed by atoms with van der Waals surface area (Å²) in [6.07, 6.45) is 4.27. The van der Waals surface area contributed by atoms with Crippen LogP contribution < -0.4 is 5.32 Å². The molecule has 1 atom stereocenters. The van der Waals surface area contributed by atoms with E-state index < -0.39 is 12.0 Å². The number of hydrogen-bond acceptors (Lipinski definition) is 3. The quantitative estimate of drug-likeness (QED) is 0.891. The van der Waals surface area contributed by atoms with Gasteiger partial charge in [0.15, 0.2) is 6.04 Å². The summed E-state index contributed by atoms with van der Waals surface area (Å²) in [5.74, 6) is -1.03. The summed E-state index contributed by atoms with van der Waals surface area (Å²) >= 11 is 1.33. The van der Waals surface area contributed by atoms with Crippen LogP contribution >= 0.6 is 11.3 Å². The standard InChI is InChI=1S/C13H18N2O3S/c1-15(9-5-2-3-6-9)13(18)14-11(12(16)17)10-7-4-8-19-10/h4,7-9,11H,2-3,5-6H2,1H3,(H,14,18)(H,16,17). The molecule has 1 aromatic heterocycles. The molecule has 5 nitrogen and oxygen atoms in total. The summed E-state index contributed by atoms with van der Waals surface area (Å²) in [6, 6.07) is 2.46. The van der Waals surface area contributed by atoms with Crippen molar-refractivity contribution in [2.24, 2.45) is 0 Å². The summed E-state index contributed by atoms with van der Waals surface area (Å²) < 4.78 is 0. The zero-order chi connectivity index (χ0) is 13.8. The number of aliphatic carboxylic acids is 1. The van der Waals surface area contributed by atoms with E-state index in [9.17, 15) is 14.7 Å². The minimum absolute atomic E-state index is 0.234. The Morgan fingerprint density at radius 2 is 2.16 bits per heavy atom. The number of urea groups is 1. The van der Waals surface area contributed by atoms with E-state index in [1.807, 2.05) is 0 Å². The number of thiophene rings is 1. The lowest BCUT2D eigenvalue weighted by molar-refractivity contribution is -0.139. The van der Waals surface area contributed by atoms with Crippen LogP contribution in [0.5, 0.6) is 0 Å². The molecular weight excluding hydrogens is 264 g/mol. The molecule has 1 aliphatic carbocycles. The average Bonchev–Trinajstić information content (AvgIpc) is 3.06. The Morgan fingerprint density at radius 1 is 1.47 bits per heavy atom. The van der Waals surface area contributed by atoms with Crippen molar-refractivity contribution >= 4 is 23.3 Å². The molecule has 19 heavy (non-hydrogen) atoms. The highest BCUT2D eigenvalue weighted by Crippen LogP contribution is 2.24. The van der Waals surface area contributed by atoms with E-state index in [0.717, 1.165) is 25.7 Å². The Labute approximate surface area is 116 Å². The molecule has 0 aliphatic heterocycles. The first-order chi connectivity index (χ1) is 9.09. The number of hydrogen-bond donors (Lipinski definition) is 2. The minimum atomic E-state index is -1.03. The molecule has 1 fully saturated rings. The van der Waals surface area contributed by atoms with Gasteiger partial charge in [-0.15, -0.1) is 11.3 Å². The molecular formula is C13H18N2O3S. The molecule has 0 spiro atoms. The molecule has 1 saturated carbocycles. The Morgan fingerprint density at radius 3 is 2.68 bits per heavy atom. The van der Waals surface area contributed by atoms with Gasteiger partial charge in [0.2, 0.25) is 0 Å². The molecule has 2 rings (SSSR count). The summed E-state index contributed by atoms with van der Waals surface area (Å²) in [6.45, 7) is 0. The molecule has 1 aliphatic rings. The predicted molar refractivity (Wildman–Crippen MR) is 73.2 cm³/mol. The number of carboxylic acids is 1. The van der Waals surface area contributed by atoms with Crippen molar-refractivity contribution < 1.29 is 14.7 Å². The largest absolute Gasteiger partial charge is 0.479 e. The fraction of sp³-hybridized carbons (Fsp3) is 0.538. The van der Waals surface area contributed by atoms with E-state index in [-0.39, 0.29) is 12.1 Å². The number of carboxylic acid groups (broad SMARTS) is 1. The molecule has 0 aromatic carbocycles. The SMILES string of the molecule is CN(C(=O)NC(C(=O)O)c1cccs1)C1CCCC1. The van der Waals surface area contributed by atoms with Crippen LogP contribution in [0, 0.1) is 0 Å². The molecule has 1 unspecified atom stereocenters. The van der Waals surface area contributed by atoms with Crippen molar-refractivity contribution in [2.45, 2.75) is 37.8 Å². The molecule has 0 saturated heterocycles. The highest BCUT2D eigenvalue weighted by molar-refractivity contribution is 7.10. The van der Waals surface area contributed by atoms with Crippen LogP contribution in [0.4, 0.5) is 4.79 Å². The number of carbonyl (C=O) groups is 2.